The highest BCUT2D eigenvalue weighted by Gasteiger charge is 2.51. The highest BCUT2D eigenvalue weighted by molar-refractivity contribution is 6.08. The number of benzene rings is 1. The number of fused-ring (bicyclic) bond motifs is 1. The minimum Gasteiger partial charge on any atom is -0.451 e. The molecule has 1 aromatic rings. The van der Waals surface area contributed by atoms with E-state index in [2.05, 4.69) is 5.32 Å². The molecule has 3 rings (SSSR count). The number of carbonyl (C=O) groups is 4. The molecule has 7 nitrogen and oxygen atoms in total. The molecule has 1 aromatic carbocycles. The smallest absolute Gasteiger partial charge is 0.329 e. The Morgan fingerprint density at radius 1 is 1.07 bits per heavy atom. The number of esters is 1. The fraction of sp³-hybridized carbons (Fsp3) is 0.524. The Bertz CT molecular complexity index is 782. The largest absolute Gasteiger partial charge is 0.451 e. The van der Waals surface area contributed by atoms with Crippen LogP contribution in [0.1, 0.15) is 45.1 Å². The SMILES string of the molecule is Cc1ccccc1NC(=O)C(C)OC(=O)C(C)N1C(=O)C2CCCCC2C1=O. The number of nitrogens with one attached hydrogen (secondary N) is 1. The molecule has 2 aliphatic rings. The molecule has 0 radical (unpaired) electrons. The Hall–Kier alpha value is -2.70. The first kappa shape index (κ1) is 20.0. The van der Waals surface area contributed by atoms with Crippen molar-refractivity contribution in [2.45, 2.75) is 58.6 Å². The predicted octanol–water partition coefficient (Wildman–Crippen LogP) is 2.43. The number of imide groups is 1. The summed E-state index contributed by atoms with van der Waals surface area (Å²) in [5, 5.41) is 2.72. The molecular formula is C21H26N2O5. The Kier molecular flexibility index (Phi) is 5.82. The van der Waals surface area contributed by atoms with Gasteiger partial charge < -0.3 is 10.1 Å². The number of rotatable bonds is 5. The third kappa shape index (κ3) is 3.79. The second-order valence-electron chi connectivity index (χ2n) is 7.60. The minimum absolute atomic E-state index is 0.295. The fourth-order valence-electron chi connectivity index (χ4n) is 3.95. The van der Waals surface area contributed by atoms with E-state index in [0.29, 0.717) is 18.5 Å². The summed E-state index contributed by atoms with van der Waals surface area (Å²) in [6.45, 7) is 4.80. The van der Waals surface area contributed by atoms with E-state index in [1.54, 1.807) is 12.1 Å². The maximum Gasteiger partial charge on any atom is 0.329 e. The van der Waals surface area contributed by atoms with Gasteiger partial charge in [-0.1, -0.05) is 31.0 Å². The Morgan fingerprint density at radius 2 is 1.64 bits per heavy atom. The summed E-state index contributed by atoms with van der Waals surface area (Å²) >= 11 is 0. The van der Waals surface area contributed by atoms with Gasteiger partial charge in [0.2, 0.25) is 11.8 Å². The topological polar surface area (TPSA) is 92.8 Å². The van der Waals surface area contributed by atoms with Gasteiger partial charge in [0.25, 0.3) is 5.91 Å². The van der Waals surface area contributed by atoms with E-state index < -0.39 is 24.0 Å². The maximum absolute atomic E-state index is 12.6. The van der Waals surface area contributed by atoms with Crippen molar-refractivity contribution in [2.24, 2.45) is 11.8 Å². The van der Waals surface area contributed by atoms with Crippen molar-refractivity contribution in [2.75, 3.05) is 5.32 Å². The molecule has 1 saturated carbocycles. The lowest BCUT2D eigenvalue weighted by atomic mass is 9.81. The maximum atomic E-state index is 12.6. The molecule has 2 fully saturated rings. The lowest BCUT2D eigenvalue weighted by Gasteiger charge is -2.23. The summed E-state index contributed by atoms with van der Waals surface area (Å²) in [4.78, 5) is 51.1. The zero-order valence-corrected chi connectivity index (χ0v) is 16.4. The van der Waals surface area contributed by atoms with Crippen LogP contribution in [0, 0.1) is 18.8 Å². The lowest BCUT2D eigenvalue weighted by molar-refractivity contribution is -0.163. The number of ether oxygens (including phenoxy) is 1. The molecule has 4 atom stereocenters. The molecule has 1 aliphatic carbocycles. The molecule has 0 aromatic heterocycles. The van der Waals surface area contributed by atoms with E-state index in [0.717, 1.165) is 23.3 Å². The molecule has 150 valence electrons. The number of amides is 3. The van der Waals surface area contributed by atoms with Gasteiger partial charge >= 0.3 is 5.97 Å². The molecule has 28 heavy (non-hydrogen) atoms. The van der Waals surface area contributed by atoms with E-state index in [1.807, 2.05) is 19.1 Å². The van der Waals surface area contributed by atoms with Gasteiger partial charge in [-0.2, -0.15) is 0 Å². The standard InChI is InChI=1S/C21H26N2O5/c1-12-8-4-7-11-17(12)22-18(24)14(3)28-21(27)13(2)23-19(25)15-9-5-6-10-16(15)20(23)26/h4,7-8,11,13-16H,5-6,9-10H2,1-3H3,(H,22,24). The van der Waals surface area contributed by atoms with Gasteiger partial charge in [-0.05, 0) is 45.2 Å². The molecule has 4 unspecified atom stereocenters. The van der Waals surface area contributed by atoms with Crippen molar-refractivity contribution in [3.05, 3.63) is 29.8 Å². The van der Waals surface area contributed by atoms with Crippen molar-refractivity contribution in [3.63, 3.8) is 0 Å². The first-order chi connectivity index (χ1) is 13.3. The van der Waals surface area contributed by atoms with Crippen LogP contribution in [0.25, 0.3) is 0 Å². The number of hydrogen-bond donors (Lipinski definition) is 1. The van der Waals surface area contributed by atoms with Crippen molar-refractivity contribution < 1.29 is 23.9 Å². The van der Waals surface area contributed by atoms with Gasteiger partial charge in [-0.25, -0.2) is 4.79 Å². The third-order valence-electron chi connectivity index (χ3n) is 5.67. The van der Waals surface area contributed by atoms with Crippen molar-refractivity contribution in [3.8, 4) is 0 Å². The van der Waals surface area contributed by atoms with Crippen LogP contribution in [0.5, 0.6) is 0 Å². The molecule has 1 N–H and O–H groups in total. The van der Waals surface area contributed by atoms with Gasteiger partial charge in [0.05, 0.1) is 11.8 Å². The van der Waals surface area contributed by atoms with E-state index in [9.17, 15) is 19.2 Å². The summed E-state index contributed by atoms with van der Waals surface area (Å²) in [5.74, 6) is -2.46. The Morgan fingerprint density at radius 3 is 2.21 bits per heavy atom. The van der Waals surface area contributed by atoms with E-state index >= 15 is 0 Å². The Labute approximate surface area is 164 Å². The first-order valence-electron chi connectivity index (χ1n) is 9.75. The van der Waals surface area contributed by atoms with E-state index in [4.69, 9.17) is 4.74 Å². The summed E-state index contributed by atoms with van der Waals surface area (Å²) in [7, 11) is 0. The molecule has 1 saturated heterocycles. The predicted molar refractivity (Wildman–Crippen MR) is 102 cm³/mol. The number of carbonyl (C=O) groups excluding carboxylic acids is 4. The van der Waals surface area contributed by atoms with Gasteiger partial charge in [0.1, 0.15) is 6.04 Å². The quantitative estimate of drug-likeness (QED) is 0.620. The minimum atomic E-state index is -1.05. The Balaban J connectivity index is 1.62. The average molecular weight is 386 g/mol. The monoisotopic (exact) mass is 386 g/mol. The zero-order valence-electron chi connectivity index (χ0n) is 16.4. The number of aryl methyl sites for hydroxylation is 1. The molecule has 0 spiro atoms. The highest BCUT2D eigenvalue weighted by Crippen LogP contribution is 2.38. The van der Waals surface area contributed by atoms with Crippen LogP contribution in [0.4, 0.5) is 5.69 Å². The lowest BCUT2D eigenvalue weighted by Crippen LogP contribution is -2.46. The normalized spacial score (nSPS) is 23.8. The number of hydrogen-bond acceptors (Lipinski definition) is 5. The molecule has 1 heterocycles. The zero-order chi connectivity index (χ0) is 20.4. The summed E-state index contributed by atoms with van der Waals surface area (Å²) in [6, 6.07) is 6.23. The van der Waals surface area contributed by atoms with Crippen LogP contribution in [0.15, 0.2) is 24.3 Å². The van der Waals surface area contributed by atoms with Crippen LogP contribution in [-0.4, -0.2) is 40.7 Å². The molecule has 3 amide bonds. The van der Waals surface area contributed by atoms with E-state index in [-0.39, 0.29) is 23.7 Å². The second-order valence-corrected chi connectivity index (χ2v) is 7.60. The van der Waals surface area contributed by atoms with Crippen LogP contribution >= 0.6 is 0 Å². The van der Waals surface area contributed by atoms with Crippen LogP contribution < -0.4 is 5.32 Å². The van der Waals surface area contributed by atoms with Crippen molar-refractivity contribution in [1.29, 1.82) is 0 Å². The highest BCUT2D eigenvalue weighted by atomic mass is 16.5. The summed E-state index contributed by atoms with van der Waals surface area (Å²) < 4.78 is 5.25. The van der Waals surface area contributed by atoms with Gasteiger partial charge in [0, 0.05) is 5.69 Å². The number of likely N-dealkylation sites (tertiary alicyclic amines) is 1. The molecule has 0 bridgehead atoms. The van der Waals surface area contributed by atoms with Crippen molar-refractivity contribution >= 4 is 29.4 Å². The van der Waals surface area contributed by atoms with Crippen LogP contribution in [0.3, 0.4) is 0 Å². The number of para-hydroxylation sites is 1. The van der Waals surface area contributed by atoms with Crippen LogP contribution in [-0.2, 0) is 23.9 Å². The van der Waals surface area contributed by atoms with Crippen LogP contribution in [0.2, 0.25) is 0 Å². The molecule has 1 aliphatic heterocycles. The first-order valence-corrected chi connectivity index (χ1v) is 9.75. The molecular weight excluding hydrogens is 360 g/mol. The van der Waals surface area contributed by atoms with E-state index in [1.165, 1.54) is 13.8 Å². The third-order valence-corrected chi connectivity index (χ3v) is 5.67. The van der Waals surface area contributed by atoms with Gasteiger partial charge in [-0.3, -0.25) is 19.3 Å². The van der Waals surface area contributed by atoms with Crippen molar-refractivity contribution in [1.82, 2.24) is 4.90 Å². The van der Waals surface area contributed by atoms with Gasteiger partial charge in [-0.15, -0.1) is 0 Å². The molecule has 7 heteroatoms. The summed E-state index contributed by atoms with van der Waals surface area (Å²) in [6.07, 6.45) is 2.15. The van der Waals surface area contributed by atoms with Gasteiger partial charge in [0.15, 0.2) is 6.10 Å². The fourth-order valence-corrected chi connectivity index (χ4v) is 3.95. The average Bonchev–Trinajstić information content (AvgIpc) is 2.93. The summed E-state index contributed by atoms with van der Waals surface area (Å²) in [5.41, 5.74) is 1.52. The number of anilines is 1. The second kappa shape index (κ2) is 8.12. The number of nitrogens with zero attached hydrogens (tertiary/aromatic N) is 1.